The molecule has 0 spiro atoms. The predicted octanol–water partition coefficient (Wildman–Crippen LogP) is 1.51. The topological polar surface area (TPSA) is 32.7 Å². The Labute approximate surface area is 104 Å². The van der Waals surface area contributed by atoms with Crippen LogP contribution in [0.3, 0.4) is 0 Å². The standard InChI is InChI=1S/C14H25NO2/c16-14-4-5-17-10-13(14)9-15-7-11-2-1-3-12(6-11)8-15/h11-14,16H,1-10H2. The van der Waals surface area contributed by atoms with Gasteiger partial charge in [-0.3, -0.25) is 0 Å². The van der Waals surface area contributed by atoms with E-state index in [0.717, 1.165) is 38.0 Å². The second-order valence-corrected chi connectivity index (χ2v) is 6.31. The van der Waals surface area contributed by atoms with Gasteiger partial charge in [0, 0.05) is 32.2 Å². The van der Waals surface area contributed by atoms with Crippen LogP contribution in [0.1, 0.15) is 32.1 Å². The SMILES string of the molecule is OC1CCOCC1CN1CC2CCCC(C2)C1. The van der Waals surface area contributed by atoms with Gasteiger partial charge in [0.15, 0.2) is 0 Å². The normalized spacial score (nSPS) is 43.6. The van der Waals surface area contributed by atoms with Crippen LogP contribution in [-0.4, -0.2) is 49.0 Å². The van der Waals surface area contributed by atoms with Crippen molar-refractivity contribution in [2.75, 3.05) is 32.8 Å². The molecule has 0 aromatic heterocycles. The summed E-state index contributed by atoms with van der Waals surface area (Å²) in [5, 5.41) is 10.00. The lowest BCUT2D eigenvalue weighted by Gasteiger charge is -2.43. The molecule has 4 unspecified atom stereocenters. The van der Waals surface area contributed by atoms with Gasteiger partial charge in [-0.25, -0.2) is 0 Å². The minimum Gasteiger partial charge on any atom is -0.393 e. The van der Waals surface area contributed by atoms with Gasteiger partial charge in [0.25, 0.3) is 0 Å². The van der Waals surface area contributed by atoms with Crippen LogP contribution >= 0.6 is 0 Å². The number of likely N-dealkylation sites (tertiary alicyclic amines) is 1. The molecule has 17 heavy (non-hydrogen) atoms. The number of nitrogens with zero attached hydrogens (tertiary/aromatic N) is 1. The second kappa shape index (κ2) is 5.25. The zero-order valence-corrected chi connectivity index (χ0v) is 10.7. The molecule has 98 valence electrons. The Hall–Kier alpha value is -0.120. The van der Waals surface area contributed by atoms with Crippen molar-refractivity contribution in [3.8, 4) is 0 Å². The Morgan fingerprint density at radius 1 is 1.12 bits per heavy atom. The number of aliphatic hydroxyl groups excluding tert-OH is 1. The van der Waals surface area contributed by atoms with Crippen LogP contribution < -0.4 is 0 Å². The highest BCUT2D eigenvalue weighted by atomic mass is 16.5. The Bertz CT molecular complexity index is 247. The van der Waals surface area contributed by atoms with Crippen molar-refractivity contribution < 1.29 is 9.84 Å². The van der Waals surface area contributed by atoms with E-state index in [0.29, 0.717) is 5.92 Å². The van der Waals surface area contributed by atoms with Crippen molar-refractivity contribution in [3.63, 3.8) is 0 Å². The van der Waals surface area contributed by atoms with Gasteiger partial charge in [0.05, 0.1) is 12.7 Å². The number of hydrogen-bond acceptors (Lipinski definition) is 3. The number of piperidine rings is 1. The Morgan fingerprint density at radius 3 is 2.59 bits per heavy atom. The molecule has 2 aliphatic heterocycles. The summed E-state index contributed by atoms with van der Waals surface area (Å²) in [6.07, 6.45) is 6.45. The van der Waals surface area contributed by atoms with Gasteiger partial charge in [0.2, 0.25) is 0 Å². The molecule has 0 aromatic rings. The Balaban J connectivity index is 1.54. The maximum absolute atomic E-state index is 10.00. The zero-order chi connectivity index (χ0) is 11.7. The molecule has 0 radical (unpaired) electrons. The third-order valence-electron chi connectivity index (χ3n) is 4.85. The van der Waals surface area contributed by atoms with E-state index in [1.165, 1.54) is 38.8 Å². The maximum Gasteiger partial charge on any atom is 0.0624 e. The lowest BCUT2D eigenvalue weighted by molar-refractivity contribution is -0.0547. The summed E-state index contributed by atoms with van der Waals surface area (Å²) < 4.78 is 5.50. The zero-order valence-electron chi connectivity index (χ0n) is 10.7. The molecule has 3 heteroatoms. The van der Waals surface area contributed by atoms with Crippen LogP contribution in [0.15, 0.2) is 0 Å². The monoisotopic (exact) mass is 239 g/mol. The van der Waals surface area contributed by atoms with Gasteiger partial charge < -0.3 is 14.7 Å². The van der Waals surface area contributed by atoms with Crippen molar-refractivity contribution in [3.05, 3.63) is 0 Å². The molecule has 2 bridgehead atoms. The summed E-state index contributed by atoms with van der Waals surface area (Å²) >= 11 is 0. The molecule has 3 nitrogen and oxygen atoms in total. The largest absolute Gasteiger partial charge is 0.393 e. The van der Waals surface area contributed by atoms with E-state index in [1.54, 1.807) is 0 Å². The summed E-state index contributed by atoms with van der Waals surface area (Å²) in [5.41, 5.74) is 0. The molecule has 2 heterocycles. The van der Waals surface area contributed by atoms with Gasteiger partial charge in [0.1, 0.15) is 0 Å². The molecule has 0 amide bonds. The van der Waals surface area contributed by atoms with Crippen molar-refractivity contribution in [1.29, 1.82) is 0 Å². The molecule has 0 aromatic carbocycles. The predicted molar refractivity (Wildman–Crippen MR) is 66.8 cm³/mol. The van der Waals surface area contributed by atoms with Crippen molar-refractivity contribution in [2.24, 2.45) is 17.8 Å². The lowest BCUT2D eigenvalue weighted by Crippen LogP contribution is -2.48. The first-order valence-corrected chi connectivity index (χ1v) is 7.29. The summed E-state index contributed by atoms with van der Waals surface area (Å²) in [6.45, 7) is 5.07. The number of fused-ring (bicyclic) bond motifs is 2. The first-order chi connectivity index (χ1) is 8.31. The summed E-state index contributed by atoms with van der Waals surface area (Å²) in [7, 11) is 0. The molecule has 2 saturated heterocycles. The van der Waals surface area contributed by atoms with Gasteiger partial charge in [-0.1, -0.05) is 6.42 Å². The van der Waals surface area contributed by atoms with Crippen molar-refractivity contribution >= 4 is 0 Å². The quantitative estimate of drug-likeness (QED) is 0.793. The third-order valence-corrected chi connectivity index (χ3v) is 4.85. The fraction of sp³-hybridized carbons (Fsp3) is 1.00. The average Bonchev–Trinajstić information content (AvgIpc) is 2.32. The van der Waals surface area contributed by atoms with E-state index in [-0.39, 0.29) is 6.10 Å². The van der Waals surface area contributed by atoms with Gasteiger partial charge in [-0.2, -0.15) is 0 Å². The van der Waals surface area contributed by atoms with Gasteiger partial charge >= 0.3 is 0 Å². The van der Waals surface area contributed by atoms with E-state index < -0.39 is 0 Å². The summed E-state index contributed by atoms with van der Waals surface area (Å²) in [5.74, 6) is 2.22. The van der Waals surface area contributed by atoms with E-state index in [1.807, 2.05) is 0 Å². The van der Waals surface area contributed by atoms with E-state index >= 15 is 0 Å². The molecule has 1 N–H and O–H groups in total. The highest BCUT2D eigenvalue weighted by Crippen LogP contribution is 2.34. The minimum atomic E-state index is -0.134. The second-order valence-electron chi connectivity index (χ2n) is 6.31. The highest BCUT2D eigenvalue weighted by Gasteiger charge is 2.33. The van der Waals surface area contributed by atoms with Crippen LogP contribution in [0.5, 0.6) is 0 Å². The van der Waals surface area contributed by atoms with Crippen LogP contribution in [-0.2, 0) is 4.74 Å². The van der Waals surface area contributed by atoms with Crippen LogP contribution in [0, 0.1) is 17.8 Å². The summed E-state index contributed by atoms with van der Waals surface area (Å²) in [6, 6.07) is 0. The van der Waals surface area contributed by atoms with E-state index in [4.69, 9.17) is 4.74 Å². The number of hydrogen-bond donors (Lipinski definition) is 1. The smallest absolute Gasteiger partial charge is 0.0624 e. The van der Waals surface area contributed by atoms with Gasteiger partial charge in [-0.05, 0) is 37.5 Å². The molecular formula is C14H25NO2. The molecular weight excluding hydrogens is 214 g/mol. The van der Waals surface area contributed by atoms with Gasteiger partial charge in [-0.15, -0.1) is 0 Å². The first-order valence-electron chi connectivity index (χ1n) is 7.29. The molecule has 3 fully saturated rings. The van der Waals surface area contributed by atoms with Crippen LogP contribution in [0.2, 0.25) is 0 Å². The molecule has 3 rings (SSSR count). The Kier molecular flexibility index (Phi) is 3.69. The van der Waals surface area contributed by atoms with Crippen LogP contribution in [0.25, 0.3) is 0 Å². The molecule has 3 aliphatic rings. The highest BCUT2D eigenvalue weighted by molar-refractivity contribution is 4.85. The molecule has 4 atom stereocenters. The van der Waals surface area contributed by atoms with Crippen molar-refractivity contribution in [1.82, 2.24) is 4.90 Å². The molecule has 1 saturated carbocycles. The third kappa shape index (κ3) is 2.83. The Morgan fingerprint density at radius 2 is 1.88 bits per heavy atom. The number of rotatable bonds is 2. The van der Waals surface area contributed by atoms with Crippen LogP contribution in [0.4, 0.5) is 0 Å². The molecule has 1 aliphatic carbocycles. The fourth-order valence-electron chi connectivity index (χ4n) is 3.98. The van der Waals surface area contributed by atoms with Crippen molar-refractivity contribution in [2.45, 2.75) is 38.2 Å². The maximum atomic E-state index is 10.00. The fourth-order valence-corrected chi connectivity index (χ4v) is 3.98. The summed E-state index contributed by atoms with van der Waals surface area (Å²) in [4.78, 5) is 2.60. The average molecular weight is 239 g/mol. The number of ether oxygens (including phenoxy) is 1. The lowest BCUT2D eigenvalue weighted by atomic mass is 9.77. The number of aliphatic hydroxyl groups is 1. The minimum absolute atomic E-state index is 0.134. The van der Waals surface area contributed by atoms with E-state index in [2.05, 4.69) is 4.90 Å². The first kappa shape index (κ1) is 11.9. The van der Waals surface area contributed by atoms with E-state index in [9.17, 15) is 5.11 Å².